The Hall–Kier alpha value is -2.15. The molecule has 8 heteroatoms. The van der Waals surface area contributed by atoms with Crippen LogP contribution in [0.3, 0.4) is 0 Å². The summed E-state index contributed by atoms with van der Waals surface area (Å²) in [5, 5.41) is 24.8. The number of benzene rings is 1. The summed E-state index contributed by atoms with van der Waals surface area (Å²) in [5.74, 6) is -1.78. The van der Waals surface area contributed by atoms with Crippen molar-refractivity contribution in [2.45, 2.75) is 44.6 Å². The molecule has 2 rings (SSSR count). The highest BCUT2D eigenvalue weighted by Gasteiger charge is 2.26. The molecule has 1 aliphatic rings. The van der Waals surface area contributed by atoms with Gasteiger partial charge in [-0.25, -0.2) is 0 Å². The Morgan fingerprint density at radius 3 is 2.54 bits per heavy atom. The minimum absolute atomic E-state index is 0.163. The van der Waals surface area contributed by atoms with E-state index >= 15 is 0 Å². The fraction of sp³-hybridized carbons (Fsp3) is 0.500. The number of hydrogen-bond acceptors (Lipinski definition) is 5. The van der Waals surface area contributed by atoms with Gasteiger partial charge in [-0.05, 0) is 18.9 Å². The van der Waals surface area contributed by atoms with E-state index in [0.29, 0.717) is 0 Å². The first-order valence-electron chi connectivity index (χ1n) is 7.82. The Morgan fingerprint density at radius 1 is 1.29 bits per heavy atom. The maximum Gasteiger partial charge on any atom is 0.269 e. The molecule has 130 valence electrons. The first-order chi connectivity index (χ1) is 11.4. The van der Waals surface area contributed by atoms with Gasteiger partial charge in [0.25, 0.3) is 5.69 Å². The summed E-state index contributed by atoms with van der Waals surface area (Å²) in [7, 11) is 0. The SMILES string of the molecule is O=C([O-])C[C@@H](NC(=O)C1CCCCC1)c1cc([N+](=O)[O-])ccc1Cl. The summed E-state index contributed by atoms with van der Waals surface area (Å²) in [4.78, 5) is 33.8. The van der Waals surface area contributed by atoms with Crippen molar-refractivity contribution < 1.29 is 19.6 Å². The maximum absolute atomic E-state index is 12.4. The fourth-order valence-corrected chi connectivity index (χ4v) is 3.22. The van der Waals surface area contributed by atoms with Crippen molar-refractivity contribution >= 4 is 29.2 Å². The van der Waals surface area contributed by atoms with Crippen molar-refractivity contribution in [3.8, 4) is 0 Å². The molecule has 1 saturated carbocycles. The molecule has 0 heterocycles. The van der Waals surface area contributed by atoms with Crippen LogP contribution < -0.4 is 10.4 Å². The Bertz CT molecular complexity index is 643. The quantitative estimate of drug-likeness (QED) is 0.621. The second-order valence-electron chi connectivity index (χ2n) is 5.94. The van der Waals surface area contributed by atoms with Crippen LogP contribution in [0, 0.1) is 16.0 Å². The molecule has 0 spiro atoms. The lowest BCUT2D eigenvalue weighted by Crippen LogP contribution is -2.38. The molecule has 1 amide bonds. The Balaban J connectivity index is 2.24. The van der Waals surface area contributed by atoms with Crippen molar-refractivity contribution in [1.29, 1.82) is 0 Å². The number of carbonyl (C=O) groups is 2. The van der Waals surface area contributed by atoms with Crippen LogP contribution in [0.15, 0.2) is 18.2 Å². The van der Waals surface area contributed by atoms with Crippen molar-refractivity contribution in [2.75, 3.05) is 0 Å². The molecule has 0 radical (unpaired) electrons. The lowest BCUT2D eigenvalue weighted by Gasteiger charge is -2.26. The van der Waals surface area contributed by atoms with Crippen LogP contribution in [0.2, 0.25) is 5.02 Å². The fourth-order valence-electron chi connectivity index (χ4n) is 2.97. The number of nitrogens with zero attached hydrogens (tertiary/aromatic N) is 1. The molecular formula is C16H18ClN2O5-. The molecular weight excluding hydrogens is 336 g/mol. The zero-order chi connectivity index (χ0) is 17.7. The number of rotatable bonds is 6. The average Bonchev–Trinajstić information content (AvgIpc) is 2.54. The third-order valence-electron chi connectivity index (χ3n) is 4.23. The minimum atomic E-state index is -1.37. The van der Waals surface area contributed by atoms with Gasteiger partial charge in [0.15, 0.2) is 0 Å². The van der Waals surface area contributed by atoms with E-state index in [4.69, 9.17) is 11.6 Å². The molecule has 0 aromatic heterocycles. The van der Waals surface area contributed by atoms with Gasteiger partial charge in [-0.2, -0.15) is 0 Å². The lowest BCUT2D eigenvalue weighted by atomic mass is 9.88. The molecule has 0 unspecified atom stereocenters. The summed E-state index contributed by atoms with van der Waals surface area (Å²) < 4.78 is 0. The van der Waals surface area contributed by atoms with Crippen molar-refractivity contribution in [1.82, 2.24) is 5.32 Å². The predicted molar refractivity (Wildman–Crippen MR) is 85.2 cm³/mol. The molecule has 0 bridgehead atoms. The summed E-state index contributed by atoms with van der Waals surface area (Å²) in [6, 6.07) is 2.78. The van der Waals surface area contributed by atoms with Crippen LogP contribution in [0.4, 0.5) is 5.69 Å². The molecule has 0 aliphatic heterocycles. The number of nitro benzene ring substituents is 1. The summed E-state index contributed by atoms with van der Waals surface area (Å²) in [5.41, 5.74) is -0.0103. The lowest BCUT2D eigenvalue weighted by molar-refractivity contribution is -0.385. The molecule has 1 fully saturated rings. The van der Waals surface area contributed by atoms with E-state index < -0.39 is 23.4 Å². The number of carboxylic acid groups (broad SMARTS) is 1. The van der Waals surface area contributed by atoms with Crippen LogP contribution in [-0.2, 0) is 9.59 Å². The van der Waals surface area contributed by atoms with Gasteiger partial charge in [-0.3, -0.25) is 14.9 Å². The Morgan fingerprint density at radius 2 is 1.96 bits per heavy atom. The van der Waals surface area contributed by atoms with Gasteiger partial charge in [0.2, 0.25) is 5.91 Å². The molecule has 1 aromatic rings. The van der Waals surface area contributed by atoms with Crippen molar-refractivity contribution in [2.24, 2.45) is 5.92 Å². The molecule has 1 aliphatic carbocycles. The minimum Gasteiger partial charge on any atom is -0.550 e. The van der Waals surface area contributed by atoms with Gasteiger partial charge in [0.05, 0.1) is 11.0 Å². The van der Waals surface area contributed by atoms with Gasteiger partial charge < -0.3 is 15.2 Å². The number of nitrogens with one attached hydrogen (secondary N) is 1. The second kappa shape index (κ2) is 8.10. The highest BCUT2D eigenvalue weighted by molar-refractivity contribution is 6.31. The number of halogens is 1. The number of non-ortho nitro benzene ring substituents is 1. The Kier molecular flexibility index (Phi) is 6.14. The van der Waals surface area contributed by atoms with E-state index in [1.54, 1.807) is 0 Å². The largest absolute Gasteiger partial charge is 0.550 e. The predicted octanol–water partition coefficient (Wildman–Crippen LogP) is 2.13. The van der Waals surface area contributed by atoms with E-state index in [2.05, 4.69) is 5.32 Å². The summed E-state index contributed by atoms with van der Waals surface area (Å²) in [6.45, 7) is 0. The normalized spacial score (nSPS) is 16.4. The van der Waals surface area contributed by atoms with E-state index in [-0.39, 0.29) is 28.1 Å². The van der Waals surface area contributed by atoms with Gasteiger partial charge in [-0.1, -0.05) is 30.9 Å². The third-order valence-corrected chi connectivity index (χ3v) is 4.57. The number of amides is 1. The molecule has 1 aromatic carbocycles. The monoisotopic (exact) mass is 353 g/mol. The highest BCUT2D eigenvalue weighted by Crippen LogP contribution is 2.30. The number of carboxylic acids is 1. The number of aliphatic carboxylic acids is 1. The van der Waals surface area contributed by atoms with Gasteiger partial charge in [0.1, 0.15) is 0 Å². The number of nitro groups is 1. The van der Waals surface area contributed by atoms with E-state index in [1.807, 2.05) is 0 Å². The summed E-state index contributed by atoms with van der Waals surface area (Å²) >= 11 is 6.06. The maximum atomic E-state index is 12.4. The molecule has 24 heavy (non-hydrogen) atoms. The van der Waals surface area contributed by atoms with Crippen molar-refractivity contribution in [3.05, 3.63) is 38.9 Å². The van der Waals surface area contributed by atoms with Crippen LogP contribution in [0.25, 0.3) is 0 Å². The third kappa shape index (κ3) is 4.67. The van der Waals surface area contributed by atoms with Crippen LogP contribution in [0.1, 0.15) is 50.1 Å². The van der Waals surface area contributed by atoms with E-state index in [9.17, 15) is 24.8 Å². The van der Waals surface area contributed by atoms with E-state index in [1.165, 1.54) is 18.2 Å². The van der Waals surface area contributed by atoms with Gasteiger partial charge in [-0.15, -0.1) is 0 Å². The molecule has 1 N–H and O–H groups in total. The summed E-state index contributed by atoms with van der Waals surface area (Å²) in [6.07, 6.45) is 4.02. The van der Waals surface area contributed by atoms with Gasteiger partial charge >= 0.3 is 0 Å². The molecule has 0 saturated heterocycles. The first kappa shape index (κ1) is 18.2. The van der Waals surface area contributed by atoms with Crippen LogP contribution in [0.5, 0.6) is 0 Å². The van der Waals surface area contributed by atoms with Crippen LogP contribution >= 0.6 is 11.6 Å². The molecule has 7 nitrogen and oxygen atoms in total. The van der Waals surface area contributed by atoms with Gasteiger partial charge in [0, 0.05) is 41.0 Å². The highest BCUT2D eigenvalue weighted by atomic mass is 35.5. The standard InChI is InChI=1S/C16H19ClN2O5/c17-13-7-6-11(19(23)24)8-12(13)14(9-15(20)21)18-16(22)10-4-2-1-3-5-10/h6-8,10,14H,1-5,9H2,(H,18,22)(H,20,21)/p-1/t14-/m1/s1. The average molecular weight is 354 g/mol. The first-order valence-corrected chi connectivity index (χ1v) is 8.20. The van der Waals surface area contributed by atoms with Crippen molar-refractivity contribution in [3.63, 3.8) is 0 Å². The topological polar surface area (TPSA) is 112 Å². The Labute approximate surface area is 144 Å². The van der Waals surface area contributed by atoms with E-state index in [0.717, 1.165) is 32.1 Å². The van der Waals surface area contributed by atoms with Crippen LogP contribution in [-0.4, -0.2) is 16.8 Å². The zero-order valence-electron chi connectivity index (χ0n) is 13.0. The number of hydrogen-bond donors (Lipinski definition) is 1. The number of carbonyl (C=O) groups excluding carboxylic acids is 2. The second-order valence-corrected chi connectivity index (χ2v) is 6.34. The zero-order valence-corrected chi connectivity index (χ0v) is 13.8. The smallest absolute Gasteiger partial charge is 0.269 e. The molecule has 1 atom stereocenters.